The Labute approximate surface area is 83.0 Å². The summed E-state index contributed by atoms with van der Waals surface area (Å²) < 4.78 is 36.0. The summed E-state index contributed by atoms with van der Waals surface area (Å²) in [6, 6.07) is 0. The van der Waals surface area contributed by atoms with Crippen LogP contribution in [-0.4, -0.2) is 24.8 Å². The third-order valence-corrected chi connectivity index (χ3v) is 2.46. The summed E-state index contributed by atoms with van der Waals surface area (Å²) in [7, 11) is 0. The number of alkyl halides is 3. The topological polar surface area (TPSA) is 38.0 Å². The lowest BCUT2D eigenvalue weighted by molar-refractivity contribution is -0.129. The highest BCUT2D eigenvalue weighted by Crippen LogP contribution is 2.19. The number of nitrogens with one attached hydrogen (secondary N) is 1. The zero-order valence-electron chi connectivity index (χ0n) is 8.75. The number of hydrogen-bond acceptors (Lipinski definition) is 2. The van der Waals surface area contributed by atoms with Crippen molar-refractivity contribution < 1.29 is 13.2 Å². The summed E-state index contributed by atoms with van der Waals surface area (Å²) in [6.07, 6.45) is -2.04. The standard InChI is InChI=1S/C9H19F3N2/c1-3-5-8(4-2,6-13)14-7-9(10,11)12/h14H,3-7,13H2,1-2H3. The molecule has 0 aromatic rings. The van der Waals surface area contributed by atoms with Crippen molar-refractivity contribution in [2.45, 2.75) is 44.8 Å². The zero-order valence-corrected chi connectivity index (χ0v) is 8.75. The molecule has 0 aliphatic rings. The van der Waals surface area contributed by atoms with Gasteiger partial charge in [0.2, 0.25) is 0 Å². The van der Waals surface area contributed by atoms with Gasteiger partial charge in [-0.2, -0.15) is 13.2 Å². The van der Waals surface area contributed by atoms with Crippen molar-refractivity contribution in [1.82, 2.24) is 5.32 Å². The predicted molar refractivity (Wildman–Crippen MR) is 51.0 cm³/mol. The van der Waals surface area contributed by atoms with Crippen molar-refractivity contribution in [2.75, 3.05) is 13.1 Å². The second-order valence-corrected chi connectivity index (χ2v) is 3.56. The van der Waals surface area contributed by atoms with Crippen molar-refractivity contribution >= 4 is 0 Å². The molecule has 0 aromatic carbocycles. The summed E-state index contributed by atoms with van der Waals surface area (Å²) in [5, 5.41) is 2.52. The van der Waals surface area contributed by atoms with Crippen LogP contribution >= 0.6 is 0 Å². The molecule has 0 aromatic heterocycles. The maximum atomic E-state index is 12.0. The van der Waals surface area contributed by atoms with Gasteiger partial charge in [0.1, 0.15) is 0 Å². The van der Waals surface area contributed by atoms with Crippen molar-refractivity contribution in [3.63, 3.8) is 0 Å². The molecule has 0 aliphatic carbocycles. The minimum absolute atomic E-state index is 0.243. The molecule has 5 heteroatoms. The minimum Gasteiger partial charge on any atom is -0.329 e. The normalized spacial score (nSPS) is 16.7. The van der Waals surface area contributed by atoms with E-state index < -0.39 is 18.3 Å². The highest BCUT2D eigenvalue weighted by Gasteiger charge is 2.33. The van der Waals surface area contributed by atoms with Crippen LogP contribution in [0.5, 0.6) is 0 Å². The first-order valence-electron chi connectivity index (χ1n) is 4.91. The predicted octanol–water partition coefficient (Wildman–Crippen LogP) is 2.05. The average molecular weight is 212 g/mol. The average Bonchev–Trinajstić information content (AvgIpc) is 2.11. The van der Waals surface area contributed by atoms with Crippen molar-refractivity contribution in [1.29, 1.82) is 0 Å². The highest BCUT2D eigenvalue weighted by atomic mass is 19.4. The van der Waals surface area contributed by atoms with Crippen molar-refractivity contribution in [3.8, 4) is 0 Å². The molecule has 0 amide bonds. The lowest BCUT2D eigenvalue weighted by atomic mass is 9.90. The quantitative estimate of drug-likeness (QED) is 0.707. The fraction of sp³-hybridized carbons (Fsp3) is 1.00. The van der Waals surface area contributed by atoms with Gasteiger partial charge in [0.05, 0.1) is 6.54 Å². The molecule has 86 valence electrons. The lowest BCUT2D eigenvalue weighted by Crippen LogP contribution is -2.53. The first-order valence-corrected chi connectivity index (χ1v) is 4.91. The molecule has 0 rings (SSSR count). The second kappa shape index (κ2) is 5.56. The maximum absolute atomic E-state index is 12.0. The van der Waals surface area contributed by atoms with Gasteiger partial charge in [0.15, 0.2) is 0 Å². The Morgan fingerprint density at radius 2 is 1.79 bits per heavy atom. The van der Waals surface area contributed by atoms with Gasteiger partial charge in [-0.3, -0.25) is 0 Å². The summed E-state index contributed by atoms with van der Waals surface area (Å²) in [6.45, 7) is 3.08. The van der Waals surface area contributed by atoms with E-state index in [2.05, 4.69) is 5.32 Å². The van der Waals surface area contributed by atoms with Crippen LogP contribution < -0.4 is 11.1 Å². The zero-order chi connectivity index (χ0) is 11.2. The Morgan fingerprint density at radius 3 is 2.07 bits per heavy atom. The summed E-state index contributed by atoms with van der Waals surface area (Å²) in [5.41, 5.74) is 4.95. The van der Waals surface area contributed by atoms with Gasteiger partial charge in [-0.05, 0) is 12.8 Å². The number of nitrogens with two attached hydrogens (primary N) is 1. The van der Waals surface area contributed by atoms with E-state index in [1.807, 2.05) is 13.8 Å². The van der Waals surface area contributed by atoms with Crippen LogP contribution in [0.15, 0.2) is 0 Å². The largest absolute Gasteiger partial charge is 0.401 e. The van der Waals surface area contributed by atoms with E-state index in [0.29, 0.717) is 12.8 Å². The van der Waals surface area contributed by atoms with Crippen molar-refractivity contribution in [3.05, 3.63) is 0 Å². The van der Waals surface area contributed by atoms with Crippen molar-refractivity contribution in [2.24, 2.45) is 5.73 Å². The highest BCUT2D eigenvalue weighted by molar-refractivity contribution is 4.88. The molecule has 1 atom stereocenters. The first-order chi connectivity index (χ1) is 6.39. The van der Waals surface area contributed by atoms with Gasteiger partial charge in [-0.25, -0.2) is 0 Å². The Kier molecular flexibility index (Phi) is 5.44. The Bertz CT molecular complexity index is 153. The molecule has 0 heterocycles. The minimum atomic E-state index is -4.16. The molecular weight excluding hydrogens is 193 g/mol. The molecule has 0 radical (unpaired) electrons. The fourth-order valence-corrected chi connectivity index (χ4v) is 1.48. The lowest BCUT2D eigenvalue weighted by Gasteiger charge is -2.33. The molecule has 0 saturated heterocycles. The molecule has 0 fully saturated rings. The molecule has 2 nitrogen and oxygen atoms in total. The molecule has 0 bridgehead atoms. The van der Waals surface area contributed by atoms with Crippen LogP contribution in [0.25, 0.3) is 0 Å². The fourth-order valence-electron chi connectivity index (χ4n) is 1.48. The van der Waals surface area contributed by atoms with Crippen LogP contribution in [0.4, 0.5) is 13.2 Å². The van der Waals surface area contributed by atoms with E-state index in [0.717, 1.165) is 6.42 Å². The van der Waals surface area contributed by atoms with Gasteiger partial charge in [0.25, 0.3) is 0 Å². The number of halogens is 3. The van der Waals surface area contributed by atoms with Gasteiger partial charge in [-0.1, -0.05) is 20.3 Å². The van der Waals surface area contributed by atoms with Gasteiger partial charge >= 0.3 is 6.18 Å². The van der Waals surface area contributed by atoms with Gasteiger partial charge < -0.3 is 11.1 Å². The Hall–Kier alpha value is -0.290. The second-order valence-electron chi connectivity index (χ2n) is 3.56. The first kappa shape index (κ1) is 13.7. The van der Waals surface area contributed by atoms with E-state index >= 15 is 0 Å². The molecule has 0 spiro atoms. The molecule has 3 N–H and O–H groups in total. The van der Waals surface area contributed by atoms with Crippen LogP contribution in [0.2, 0.25) is 0 Å². The van der Waals surface area contributed by atoms with E-state index in [9.17, 15) is 13.2 Å². The van der Waals surface area contributed by atoms with Crippen LogP contribution in [-0.2, 0) is 0 Å². The van der Waals surface area contributed by atoms with Gasteiger partial charge in [0, 0.05) is 12.1 Å². The Morgan fingerprint density at radius 1 is 1.21 bits per heavy atom. The molecular formula is C9H19F3N2. The molecule has 1 unspecified atom stereocenters. The van der Waals surface area contributed by atoms with E-state index in [-0.39, 0.29) is 6.54 Å². The van der Waals surface area contributed by atoms with E-state index in [4.69, 9.17) is 5.73 Å². The molecule has 14 heavy (non-hydrogen) atoms. The Balaban J connectivity index is 4.21. The van der Waals surface area contributed by atoms with Crippen LogP contribution in [0.3, 0.4) is 0 Å². The number of hydrogen-bond donors (Lipinski definition) is 2. The van der Waals surface area contributed by atoms with Gasteiger partial charge in [-0.15, -0.1) is 0 Å². The summed E-state index contributed by atoms with van der Waals surface area (Å²) >= 11 is 0. The van der Waals surface area contributed by atoms with Crippen LogP contribution in [0, 0.1) is 0 Å². The number of rotatable bonds is 6. The summed E-state index contributed by atoms with van der Waals surface area (Å²) in [4.78, 5) is 0. The van der Waals surface area contributed by atoms with E-state index in [1.165, 1.54) is 0 Å². The third-order valence-electron chi connectivity index (χ3n) is 2.46. The summed E-state index contributed by atoms with van der Waals surface area (Å²) in [5.74, 6) is 0. The smallest absolute Gasteiger partial charge is 0.329 e. The SMILES string of the molecule is CCCC(CC)(CN)NCC(F)(F)F. The van der Waals surface area contributed by atoms with E-state index in [1.54, 1.807) is 0 Å². The molecule has 0 saturated carbocycles. The monoisotopic (exact) mass is 212 g/mol. The third kappa shape index (κ3) is 4.81. The maximum Gasteiger partial charge on any atom is 0.401 e. The molecule has 0 aliphatic heterocycles. The van der Waals surface area contributed by atoms with Crippen LogP contribution in [0.1, 0.15) is 33.1 Å².